The zero-order chi connectivity index (χ0) is 20.3. The van der Waals surface area contributed by atoms with Gasteiger partial charge in [0, 0.05) is 12.3 Å². The van der Waals surface area contributed by atoms with E-state index < -0.39 is 0 Å². The third-order valence-electron chi connectivity index (χ3n) is 6.98. The number of Topliss-reactive ketones (excluding diaryl/α,β-unsaturated/α-hetero) is 1. The topological polar surface area (TPSA) is 43.4 Å². The number of ketones is 1. The van der Waals surface area contributed by atoms with Crippen molar-refractivity contribution < 1.29 is 14.3 Å². The van der Waals surface area contributed by atoms with Gasteiger partial charge in [-0.2, -0.15) is 0 Å². The van der Waals surface area contributed by atoms with Crippen LogP contribution < -0.4 is 0 Å². The van der Waals surface area contributed by atoms with E-state index in [9.17, 15) is 9.59 Å². The SMILES string of the molecule is CC(C(=O)O[C@@H]1C[C@H](C)CC[C@H]1C(C)C)c1ccc(CC2CCCC2=O)cc1. The summed E-state index contributed by atoms with van der Waals surface area (Å²) in [6.07, 6.45) is 7.03. The summed E-state index contributed by atoms with van der Waals surface area (Å²) in [7, 11) is 0. The smallest absolute Gasteiger partial charge is 0.313 e. The van der Waals surface area contributed by atoms with Crippen molar-refractivity contribution in [3.63, 3.8) is 0 Å². The fourth-order valence-corrected chi connectivity index (χ4v) is 4.97. The minimum Gasteiger partial charge on any atom is -0.462 e. The molecule has 3 nitrogen and oxygen atoms in total. The van der Waals surface area contributed by atoms with Gasteiger partial charge in [-0.25, -0.2) is 0 Å². The molecule has 0 saturated heterocycles. The molecule has 2 aliphatic carbocycles. The van der Waals surface area contributed by atoms with Crippen LogP contribution in [0.25, 0.3) is 0 Å². The first-order valence-corrected chi connectivity index (χ1v) is 11.2. The molecule has 3 rings (SSSR count). The van der Waals surface area contributed by atoms with Crippen LogP contribution in [-0.4, -0.2) is 17.9 Å². The van der Waals surface area contributed by atoms with E-state index in [0.717, 1.165) is 44.1 Å². The third-order valence-corrected chi connectivity index (χ3v) is 6.98. The van der Waals surface area contributed by atoms with Gasteiger partial charge < -0.3 is 4.74 Å². The van der Waals surface area contributed by atoms with Crippen LogP contribution in [0.15, 0.2) is 24.3 Å². The van der Waals surface area contributed by atoms with E-state index in [1.54, 1.807) is 0 Å². The van der Waals surface area contributed by atoms with E-state index in [-0.39, 0.29) is 23.9 Å². The zero-order valence-electron chi connectivity index (χ0n) is 17.9. The lowest BCUT2D eigenvalue weighted by atomic mass is 9.75. The number of rotatable bonds is 6. The number of hydrogen-bond acceptors (Lipinski definition) is 3. The molecule has 0 spiro atoms. The Morgan fingerprint density at radius 2 is 1.82 bits per heavy atom. The van der Waals surface area contributed by atoms with Gasteiger partial charge in [0.1, 0.15) is 11.9 Å². The van der Waals surface area contributed by atoms with Crippen LogP contribution in [-0.2, 0) is 20.7 Å². The normalized spacial score (nSPS) is 29.1. The highest BCUT2D eigenvalue weighted by atomic mass is 16.5. The van der Waals surface area contributed by atoms with E-state index >= 15 is 0 Å². The second-order valence-corrected chi connectivity index (χ2v) is 9.52. The van der Waals surface area contributed by atoms with Gasteiger partial charge in [-0.3, -0.25) is 9.59 Å². The van der Waals surface area contributed by atoms with Crippen molar-refractivity contribution in [2.45, 2.75) is 84.7 Å². The van der Waals surface area contributed by atoms with Crippen LogP contribution in [0.5, 0.6) is 0 Å². The van der Waals surface area contributed by atoms with Crippen LogP contribution in [0.4, 0.5) is 0 Å². The van der Waals surface area contributed by atoms with Crippen molar-refractivity contribution in [3.8, 4) is 0 Å². The summed E-state index contributed by atoms with van der Waals surface area (Å²) in [6, 6.07) is 8.21. The molecule has 1 aromatic rings. The van der Waals surface area contributed by atoms with E-state index in [1.165, 1.54) is 12.0 Å². The predicted molar refractivity (Wildman–Crippen MR) is 112 cm³/mol. The fraction of sp³-hybridized carbons (Fsp3) is 0.680. The molecule has 2 fully saturated rings. The lowest BCUT2D eigenvalue weighted by Crippen LogP contribution is -2.36. The Hall–Kier alpha value is -1.64. The largest absolute Gasteiger partial charge is 0.462 e. The summed E-state index contributed by atoms with van der Waals surface area (Å²) >= 11 is 0. The summed E-state index contributed by atoms with van der Waals surface area (Å²) in [5.74, 6) is 1.87. The van der Waals surface area contributed by atoms with Crippen molar-refractivity contribution in [1.29, 1.82) is 0 Å². The summed E-state index contributed by atoms with van der Waals surface area (Å²) in [5.41, 5.74) is 2.18. The zero-order valence-corrected chi connectivity index (χ0v) is 17.9. The van der Waals surface area contributed by atoms with Crippen LogP contribution in [0.3, 0.4) is 0 Å². The van der Waals surface area contributed by atoms with Gasteiger partial charge in [0.15, 0.2) is 0 Å². The van der Waals surface area contributed by atoms with Crippen molar-refractivity contribution >= 4 is 11.8 Å². The lowest BCUT2D eigenvalue weighted by Gasteiger charge is -2.37. The van der Waals surface area contributed by atoms with Gasteiger partial charge in [0.05, 0.1) is 5.92 Å². The highest BCUT2D eigenvalue weighted by molar-refractivity contribution is 5.83. The maximum Gasteiger partial charge on any atom is 0.313 e. The molecule has 2 aliphatic rings. The van der Waals surface area contributed by atoms with Crippen molar-refractivity contribution in [2.75, 3.05) is 0 Å². The molecule has 5 atom stereocenters. The molecule has 154 valence electrons. The molecule has 2 unspecified atom stereocenters. The molecule has 0 N–H and O–H groups in total. The molecular weight excluding hydrogens is 348 g/mol. The maximum atomic E-state index is 12.8. The molecule has 0 amide bonds. The second kappa shape index (κ2) is 9.24. The Morgan fingerprint density at radius 1 is 1.11 bits per heavy atom. The standard InChI is InChI=1S/C25H36O3/c1-16(2)22-13-8-17(3)14-24(22)28-25(27)18(4)20-11-9-19(10-12-20)15-21-6-5-7-23(21)26/h9-12,16-18,21-22,24H,5-8,13-15H2,1-4H3/t17-,18?,21?,22+,24-/m1/s1. The number of esters is 1. The molecule has 28 heavy (non-hydrogen) atoms. The molecule has 0 aromatic heterocycles. The minimum atomic E-state index is -0.257. The van der Waals surface area contributed by atoms with E-state index in [0.29, 0.717) is 23.5 Å². The van der Waals surface area contributed by atoms with Crippen molar-refractivity contribution in [3.05, 3.63) is 35.4 Å². The summed E-state index contributed by atoms with van der Waals surface area (Å²) in [6.45, 7) is 8.67. The number of benzene rings is 1. The van der Waals surface area contributed by atoms with E-state index in [2.05, 4.69) is 32.9 Å². The van der Waals surface area contributed by atoms with Crippen molar-refractivity contribution in [1.82, 2.24) is 0 Å². The van der Waals surface area contributed by atoms with Crippen LogP contribution >= 0.6 is 0 Å². The van der Waals surface area contributed by atoms with Gasteiger partial charge in [-0.05, 0) is 67.9 Å². The Morgan fingerprint density at radius 3 is 2.43 bits per heavy atom. The first-order chi connectivity index (χ1) is 13.3. The number of hydrogen-bond donors (Lipinski definition) is 0. The van der Waals surface area contributed by atoms with Crippen LogP contribution in [0.2, 0.25) is 0 Å². The second-order valence-electron chi connectivity index (χ2n) is 9.52. The summed E-state index contributed by atoms with van der Waals surface area (Å²) in [5, 5.41) is 0. The van der Waals surface area contributed by atoms with E-state index in [1.807, 2.05) is 19.1 Å². The van der Waals surface area contributed by atoms with Gasteiger partial charge >= 0.3 is 5.97 Å². The average molecular weight is 385 g/mol. The Kier molecular flexibility index (Phi) is 6.95. The van der Waals surface area contributed by atoms with Gasteiger partial charge in [0.25, 0.3) is 0 Å². The predicted octanol–water partition coefficient (Wildman–Crippen LogP) is 5.71. The molecular formula is C25H36O3. The molecule has 0 aliphatic heterocycles. The van der Waals surface area contributed by atoms with E-state index in [4.69, 9.17) is 4.74 Å². The number of carbonyl (C=O) groups excluding carboxylic acids is 2. The van der Waals surface area contributed by atoms with Crippen molar-refractivity contribution in [2.24, 2.45) is 23.7 Å². The Bertz CT molecular complexity index is 676. The lowest BCUT2D eigenvalue weighted by molar-refractivity contribution is -0.157. The monoisotopic (exact) mass is 384 g/mol. The fourth-order valence-electron chi connectivity index (χ4n) is 4.97. The maximum absolute atomic E-state index is 12.8. The average Bonchev–Trinajstić information content (AvgIpc) is 3.06. The quantitative estimate of drug-likeness (QED) is 0.590. The van der Waals surface area contributed by atoms with Gasteiger partial charge in [0.2, 0.25) is 0 Å². The number of carbonyl (C=O) groups is 2. The Labute approximate surface area is 170 Å². The van der Waals surface area contributed by atoms with Gasteiger partial charge in [-0.1, -0.05) is 51.5 Å². The third kappa shape index (κ3) is 5.04. The molecule has 1 aromatic carbocycles. The van der Waals surface area contributed by atoms with Gasteiger partial charge in [-0.15, -0.1) is 0 Å². The summed E-state index contributed by atoms with van der Waals surface area (Å²) < 4.78 is 6.02. The molecule has 0 bridgehead atoms. The highest BCUT2D eigenvalue weighted by Gasteiger charge is 2.34. The molecule has 0 radical (unpaired) electrons. The summed E-state index contributed by atoms with van der Waals surface area (Å²) in [4.78, 5) is 24.7. The minimum absolute atomic E-state index is 0.0475. The van der Waals surface area contributed by atoms with Crippen LogP contribution in [0.1, 0.15) is 83.3 Å². The van der Waals surface area contributed by atoms with Crippen LogP contribution in [0, 0.1) is 23.7 Å². The molecule has 3 heteroatoms. The Balaban J connectivity index is 1.60. The first-order valence-electron chi connectivity index (χ1n) is 11.2. The first kappa shape index (κ1) is 21.1. The molecule has 0 heterocycles. The highest BCUT2D eigenvalue weighted by Crippen LogP contribution is 2.36. The molecule has 2 saturated carbocycles. The number of ether oxygens (including phenoxy) is 1.